The summed E-state index contributed by atoms with van der Waals surface area (Å²) in [5.74, 6) is 0.327. The molecule has 4 rings (SSSR count). The number of rotatable bonds is 6. The lowest BCUT2D eigenvalue weighted by Crippen LogP contribution is -2.44. The number of amides is 2. The van der Waals surface area contributed by atoms with Crippen LogP contribution < -0.4 is 10.1 Å². The van der Waals surface area contributed by atoms with Crippen molar-refractivity contribution in [2.75, 3.05) is 12.4 Å². The van der Waals surface area contributed by atoms with Crippen LogP contribution >= 0.6 is 23.4 Å². The molecule has 0 radical (unpaired) electrons. The second-order valence-electron chi connectivity index (χ2n) is 7.87. The van der Waals surface area contributed by atoms with Gasteiger partial charge in [0.1, 0.15) is 11.0 Å². The molecule has 0 aliphatic carbocycles. The number of amidine groups is 1. The normalized spacial score (nSPS) is 17.0. The van der Waals surface area contributed by atoms with Gasteiger partial charge in [0.15, 0.2) is 5.17 Å². The summed E-state index contributed by atoms with van der Waals surface area (Å²) in [7, 11) is 1.60. The fourth-order valence-electron chi connectivity index (χ4n) is 3.48. The zero-order valence-corrected chi connectivity index (χ0v) is 20.4. The second kappa shape index (κ2) is 10.8. The molecule has 0 unspecified atom stereocenters. The van der Waals surface area contributed by atoms with E-state index in [2.05, 4.69) is 5.32 Å². The van der Waals surface area contributed by atoms with Gasteiger partial charge in [-0.05, 0) is 66.6 Å². The maximum absolute atomic E-state index is 13.2. The Kier molecular flexibility index (Phi) is 7.55. The Hall–Kier alpha value is -3.29. The number of methoxy groups -OCH3 is 1. The number of nitrogens with zero attached hydrogens (tertiary/aromatic N) is 2. The first-order valence-corrected chi connectivity index (χ1v) is 12.0. The van der Waals surface area contributed by atoms with Crippen LogP contribution in [0.25, 0.3) is 0 Å². The van der Waals surface area contributed by atoms with Crippen molar-refractivity contribution in [3.05, 3.63) is 88.9 Å². The zero-order valence-electron chi connectivity index (χ0n) is 18.8. The van der Waals surface area contributed by atoms with Crippen LogP contribution in [0.4, 0.5) is 11.4 Å². The molecule has 1 N–H and O–H groups in total. The fourth-order valence-corrected chi connectivity index (χ4v) is 4.71. The number of thioether (sulfide) groups is 1. The van der Waals surface area contributed by atoms with Gasteiger partial charge in [-0.25, -0.2) is 4.99 Å². The van der Waals surface area contributed by atoms with E-state index >= 15 is 0 Å². The van der Waals surface area contributed by atoms with Crippen LogP contribution in [0.5, 0.6) is 5.75 Å². The molecule has 34 heavy (non-hydrogen) atoms. The standard InChI is InChI=1S/C26H24ClN3O3S/c1-17-4-3-5-21(14-17)28-25(32)23-15-24(31)30(16-18-6-8-19(27)9-7-18)26(34-23)29-20-10-12-22(33-2)13-11-20/h3-14,23H,15-16H2,1-2H3,(H,28,32)/t23-/m0/s1. The summed E-state index contributed by atoms with van der Waals surface area (Å²) >= 11 is 7.30. The molecule has 0 saturated carbocycles. The van der Waals surface area contributed by atoms with Crippen LogP contribution in [-0.2, 0) is 16.1 Å². The van der Waals surface area contributed by atoms with Gasteiger partial charge in [0.2, 0.25) is 11.8 Å². The largest absolute Gasteiger partial charge is 0.497 e. The zero-order chi connectivity index (χ0) is 24.1. The lowest BCUT2D eigenvalue weighted by Gasteiger charge is -2.32. The number of benzene rings is 3. The molecular formula is C26H24ClN3O3S. The smallest absolute Gasteiger partial charge is 0.238 e. The van der Waals surface area contributed by atoms with Gasteiger partial charge in [-0.3, -0.25) is 14.5 Å². The van der Waals surface area contributed by atoms with Crippen LogP contribution in [0.1, 0.15) is 17.5 Å². The third kappa shape index (κ3) is 5.98. The minimum atomic E-state index is -0.591. The molecule has 6 nitrogen and oxygen atoms in total. The van der Waals surface area contributed by atoms with Gasteiger partial charge in [0.25, 0.3) is 0 Å². The third-order valence-electron chi connectivity index (χ3n) is 5.27. The minimum Gasteiger partial charge on any atom is -0.497 e. The number of aliphatic imine (C=N–C) groups is 1. The van der Waals surface area contributed by atoms with E-state index in [0.29, 0.717) is 33.9 Å². The van der Waals surface area contributed by atoms with E-state index < -0.39 is 5.25 Å². The number of hydrogen-bond donors (Lipinski definition) is 1. The Morgan fingerprint density at radius 2 is 1.88 bits per heavy atom. The Balaban J connectivity index is 1.60. The van der Waals surface area contributed by atoms with E-state index in [4.69, 9.17) is 21.3 Å². The van der Waals surface area contributed by atoms with Crippen molar-refractivity contribution in [1.29, 1.82) is 0 Å². The maximum atomic E-state index is 13.2. The van der Waals surface area contributed by atoms with Gasteiger partial charge in [0, 0.05) is 17.1 Å². The number of ether oxygens (including phenoxy) is 1. The minimum absolute atomic E-state index is 0.0809. The van der Waals surface area contributed by atoms with Crippen LogP contribution in [0, 0.1) is 6.92 Å². The van der Waals surface area contributed by atoms with Gasteiger partial charge < -0.3 is 10.1 Å². The number of anilines is 1. The van der Waals surface area contributed by atoms with Crippen molar-refractivity contribution in [3.8, 4) is 5.75 Å². The first kappa shape index (κ1) is 23.9. The topological polar surface area (TPSA) is 71.0 Å². The first-order valence-electron chi connectivity index (χ1n) is 10.7. The highest BCUT2D eigenvalue weighted by Crippen LogP contribution is 2.31. The van der Waals surface area contributed by atoms with Gasteiger partial charge in [-0.2, -0.15) is 0 Å². The van der Waals surface area contributed by atoms with Crippen LogP contribution in [0.15, 0.2) is 77.8 Å². The Labute approximate surface area is 208 Å². The Bertz CT molecular complexity index is 1210. The van der Waals surface area contributed by atoms with Crippen molar-refractivity contribution in [2.24, 2.45) is 4.99 Å². The predicted octanol–water partition coefficient (Wildman–Crippen LogP) is 5.82. The van der Waals surface area contributed by atoms with Crippen LogP contribution in [0.2, 0.25) is 5.02 Å². The monoisotopic (exact) mass is 493 g/mol. The molecule has 174 valence electrons. The number of hydrogen-bond acceptors (Lipinski definition) is 5. The quantitative estimate of drug-likeness (QED) is 0.470. The Morgan fingerprint density at radius 3 is 2.56 bits per heavy atom. The lowest BCUT2D eigenvalue weighted by molar-refractivity contribution is -0.129. The molecule has 3 aromatic rings. The number of aryl methyl sites for hydroxylation is 1. The highest BCUT2D eigenvalue weighted by Gasteiger charge is 2.36. The van der Waals surface area contributed by atoms with E-state index in [9.17, 15) is 9.59 Å². The third-order valence-corrected chi connectivity index (χ3v) is 6.71. The summed E-state index contributed by atoms with van der Waals surface area (Å²) in [6.45, 7) is 2.30. The summed E-state index contributed by atoms with van der Waals surface area (Å²) in [6, 6.07) is 22.1. The summed E-state index contributed by atoms with van der Waals surface area (Å²) < 4.78 is 5.22. The number of nitrogens with one attached hydrogen (secondary N) is 1. The summed E-state index contributed by atoms with van der Waals surface area (Å²) in [5, 5.41) is 3.44. The predicted molar refractivity (Wildman–Crippen MR) is 138 cm³/mol. The molecule has 1 atom stereocenters. The fraction of sp³-hybridized carbons (Fsp3) is 0.192. The van der Waals surface area contributed by atoms with E-state index in [1.807, 2.05) is 55.5 Å². The molecule has 1 saturated heterocycles. The lowest BCUT2D eigenvalue weighted by atomic mass is 10.2. The maximum Gasteiger partial charge on any atom is 0.238 e. The van der Waals surface area contributed by atoms with Gasteiger partial charge in [-0.1, -0.05) is 47.6 Å². The molecule has 0 spiro atoms. The highest BCUT2D eigenvalue weighted by atomic mass is 35.5. The average Bonchev–Trinajstić information content (AvgIpc) is 2.83. The van der Waals surface area contributed by atoms with Crippen LogP contribution in [0.3, 0.4) is 0 Å². The Morgan fingerprint density at radius 1 is 1.15 bits per heavy atom. The van der Waals surface area contributed by atoms with Crippen molar-refractivity contribution >= 4 is 51.7 Å². The molecule has 1 aliphatic heterocycles. The van der Waals surface area contributed by atoms with Gasteiger partial charge in [-0.15, -0.1) is 0 Å². The van der Waals surface area contributed by atoms with Crippen molar-refractivity contribution in [2.45, 2.75) is 25.1 Å². The van der Waals surface area contributed by atoms with E-state index in [1.165, 1.54) is 11.8 Å². The van der Waals surface area contributed by atoms with E-state index in [1.54, 1.807) is 36.3 Å². The number of carbonyl (C=O) groups is 2. The number of halogens is 1. The average molecular weight is 494 g/mol. The molecule has 1 aliphatic rings. The van der Waals surface area contributed by atoms with E-state index in [-0.39, 0.29) is 18.2 Å². The second-order valence-corrected chi connectivity index (χ2v) is 9.47. The highest BCUT2D eigenvalue weighted by molar-refractivity contribution is 8.15. The molecule has 2 amide bonds. The molecule has 8 heteroatoms. The van der Waals surface area contributed by atoms with E-state index in [0.717, 1.165) is 11.1 Å². The summed E-state index contributed by atoms with van der Waals surface area (Å²) in [5.41, 5.74) is 3.33. The first-order chi connectivity index (χ1) is 16.4. The summed E-state index contributed by atoms with van der Waals surface area (Å²) in [4.78, 5) is 32.5. The molecular weight excluding hydrogens is 470 g/mol. The SMILES string of the molecule is COc1ccc(N=C2S[C@H](C(=O)Nc3cccc(C)c3)CC(=O)N2Cc2ccc(Cl)cc2)cc1. The molecule has 1 heterocycles. The van der Waals surface area contributed by atoms with Gasteiger partial charge >= 0.3 is 0 Å². The summed E-state index contributed by atoms with van der Waals surface area (Å²) in [6.07, 6.45) is 0.0809. The molecule has 0 aromatic heterocycles. The van der Waals surface area contributed by atoms with Crippen molar-refractivity contribution < 1.29 is 14.3 Å². The van der Waals surface area contributed by atoms with Gasteiger partial charge in [0.05, 0.1) is 19.3 Å². The van der Waals surface area contributed by atoms with Crippen molar-refractivity contribution in [1.82, 2.24) is 4.90 Å². The van der Waals surface area contributed by atoms with Crippen LogP contribution in [-0.4, -0.2) is 34.2 Å². The van der Waals surface area contributed by atoms with Crippen molar-refractivity contribution in [3.63, 3.8) is 0 Å². The number of carbonyl (C=O) groups excluding carboxylic acids is 2. The molecule has 3 aromatic carbocycles. The molecule has 1 fully saturated rings. The molecule has 0 bridgehead atoms.